The highest BCUT2D eigenvalue weighted by atomic mass is 32.2. The minimum Gasteiger partial charge on any atom is -0.326 e. The van der Waals surface area contributed by atoms with Crippen molar-refractivity contribution in [3.05, 3.63) is 90.5 Å². The number of nitrogens with zero attached hydrogens (tertiary/aromatic N) is 1. The van der Waals surface area contributed by atoms with Gasteiger partial charge in [-0.1, -0.05) is 48.5 Å². The molecule has 6 heteroatoms. The summed E-state index contributed by atoms with van der Waals surface area (Å²) in [6, 6.07) is 25.2. The molecule has 5 nitrogen and oxygen atoms in total. The molecular weight excluding hydrogens is 384 g/mol. The van der Waals surface area contributed by atoms with Crippen LogP contribution in [0.3, 0.4) is 0 Å². The molecule has 0 fully saturated rings. The number of rotatable bonds is 8. The topological polar surface area (TPSA) is 66.5 Å². The van der Waals surface area contributed by atoms with E-state index in [1.54, 1.807) is 36.4 Å². The standard InChI is InChI=1S/C23H24N2O3S/c1-25(21-12-6-3-7-13-21)29(27,28)22-17-15-20(16-18-22)24-23(26)14-8-11-19-9-4-2-5-10-19/h2-7,9-10,12-13,15-18H,8,11,14H2,1H3,(H,24,26). The van der Waals surface area contributed by atoms with Gasteiger partial charge in [-0.3, -0.25) is 9.10 Å². The lowest BCUT2D eigenvalue weighted by atomic mass is 10.1. The van der Waals surface area contributed by atoms with E-state index in [0.29, 0.717) is 17.8 Å². The summed E-state index contributed by atoms with van der Waals surface area (Å²) >= 11 is 0. The molecule has 29 heavy (non-hydrogen) atoms. The van der Waals surface area contributed by atoms with Crippen LogP contribution in [0.25, 0.3) is 0 Å². The quantitative estimate of drug-likeness (QED) is 0.598. The molecular formula is C23H24N2O3S. The van der Waals surface area contributed by atoms with Crippen molar-refractivity contribution in [1.29, 1.82) is 0 Å². The largest absolute Gasteiger partial charge is 0.326 e. The highest BCUT2D eigenvalue weighted by Crippen LogP contribution is 2.23. The van der Waals surface area contributed by atoms with Gasteiger partial charge in [0.25, 0.3) is 10.0 Å². The number of carbonyl (C=O) groups is 1. The Kier molecular flexibility index (Phi) is 6.67. The van der Waals surface area contributed by atoms with E-state index >= 15 is 0 Å². The van der Waals surface area contributed by atoms with Crippen LogP contribution in [0.15, 0.2) is 89.8 Å². The van der Waals surface area contributed by atoms with Crippen LogP contribution in [0, 0.1) is 0 Å². The van der Waals surface area contributed by atoms with Crippen molar-refractivity contribution in [1.82, 2.24) is 0 Å². The van der Waals surface area contributed by atoms with Gasteiger partial charge < -0.3 is 5.32 Å². The third-order valence-electron chi connectivity index (χ3n) is 4.63. The first-order valence-corrected chi connectivity index (χ1v) is 10.9. The monoisotopic (exact) mass is 408 g/mol. The summed E-state index contributed by atoms with van der Waals surface area (Å²) < 4.78 is 26.8. The van der Waals surface area contributed by atoms with E-state index in [2.05, 4.69) is 5.32 Å². The highest BCUT2D eigenvalue weighted by Gasteiger charge is 2.21. The van der Waals surface area contributed by atoms with Gasteiger partial charge in [-0.25, -0.2) is 8.42 Å². The van der Waals surface area contributed by atoms with Crippen molar-refractivity contribution >= 4 is 27.3 Å². The molecule has 0 aliphatic carbocycles. The van der Waals surface area contributed by atoms with Crippen LogP contribution in [0.5, 0.6) is 0 Å². The Morgan fingerprint density at radius 1 is 0.862 bits per heavy atom. The number of sulfonamides is 1. The number of para-hydroxylation sites is 1. The van der Waals surface area contributed by atoms with E-state index in [9.17, 15) is 13.2 Å². The Morgan fingerprint density at radius 3 is 2.07 bits per heavy atom. The van der Waals surface area contributed by atoms with Crippen molar-refractivity contribution in [2.24, 2.45) is 0 Å². The predicted molar refractivity (Wildman–Crippen MR) is 116 cm³/mol. The minimum atomic E-state index is -3.66. The SMILES string of the molecule is CN(c1ccccc1)S(=O)(=O)c1ccc(NC(=O)CCCc2ccccc2)cc1. The second-order valence-electron chi connectivity index (χ2n) is 6.72. The highest BCUT2D eigenvalue weighted by molar-refractivity contribution is 7.92. The number of nitrogens with one attached hydrogen (secondary N) is 1. The Hall–Kier alpha value is -3.12. The maximum atomic E-state index is 12.8. The molecule has 0 bridgehead atoms. The molecule has 1 amide bonds. The van der Waals surface area contributed by atoms with Gasteiger partial charge in [-0.05, 0) is 54.8 Å². The second kappa shape index (κ2) is 9.39. The van der Waals surface area contributed by atoms with Crippen molar-refractivity contribution in [2.75, 3.05) is 16.7 Å². The van der Waals surface area contributed by atoms with Crippen LogP contribution in [0.1, 0.15) is 18.4 Å². The van der Waals surface area contributed by atoms with Crippen LogP contribution < -0.4 is 9.62 Å². The molecule has 0 heterocycles. The van der Waals surface area contributed by atoms with E-state index in [0.717, 1.165) is 12.8 Å². The molecule has 150 valence electrons. The second-order valence-corrected chi connectivity index (χ2v) is 8.69. The molecule has 0 saturated carbocycles. The molecule has 0 saturated heterocycles. The Labute approximate surface area is 172 Å². The maximum absolute atomic E-state index is 12.8. The Balaban J connectivity index is 1.57. The van der Waals surface area contributed by atoms with Crippen molar-refractivity contribution in [3.8, 4) is 0 Å². The van der Waals surface area contributed by atoms with Crippen molar-refractivity contribution < 1.29 is 13.2 Å². The lowest BCUT2D eigenvalue weighted by Crippen LogP contribution is -2.26. The van der Waals surface area contributed by atoms with Crippen LogP contribution in [-0.2, 0) is 21.2 Å². The molecule has 1 N–H and O–H groups in total. The summed E-state index contributed by atoms with van der Waals surface area (Å²) in [5, 5.41) is 2.82. The van der Waals surface area contributed by atoms with E-state index in [-0.39, 0.29) is 10.8 Å². The lowest BCUT2D eigenvalue weighted by Gasteiger charge is -2.19. The zero-order valence-electron chi connectivity index (χ0n) is 16.3. The van der Waals surface area contributed by atoms with Gasteiger partial charge in [0.15, 0.2) is 0 Å². The molecule has 0 aliphatic heterocycles. The summed E-state index contributed by atoms with van der Waals surface area (Å²) in [7, 11) is -2.14. The fourth-order valence-electron chi connectivity index (χ4n) is 2.97. The normalized spacial score (nSPS) is 11.1. The van der Waals surface area contributed by atoms with E-state index in [1.807, 2.05) is 36.4 Å². The first-order chi connectivity index (χ1) is 14.0. The van der Waals surface area contributed by atoms with Crippen LogP contribution in [0.4, 0.5) is 11.4 Å². The van der Waals surface area contributed by atoms with Gasteiger partial charge >= 0.3 is 0 Å². The summed E-state index contributed by atoms with van der Waals surface area (Å²) in [5.74, 6) is -0.0852. The first-order valence-electron chi connectivity index (χ1n) is 9.44. The Bertz CT molecular complexity index is 1030. The predicted octanol–water partition coefficient (Wildman–Crippen LogP) is 4.47. The molecule has 3 rings (SSSR count). The van der Waals surface area contributed by atoms with E-state index < -0.39 is 10.0 Å². The molecule has 0 spiro atoms. The maximum Gasteiger partial charge on any atom is 0.264 e. The lowest BCUT2D eigenvalue weighted by molar-refractivity contribution is -0.116. The number of benzene rings is 3. The number of hydrogen-bond acceptors (Lipinski definition) is 3. The van der Waals surface area contributed by atoms with Crippen LogP contribution in [-0.4, -0.2) is 21.4 Å². The average Bonchev–Trinajstić information content (AvgIpc) is 2.75. The van der Waals surface area contributed by atoms with Gasteiger partial charge in [0.1, 0.15) is 0 Å². The number of aryl methyl sites for hydroxylation is 1. The van der Waals surface area contributed by atoms with E-state index in [1.165, 1.54) is 29.0 Å². The molecule has 0 radical (unpaired) electrons. The fraction of sp³-hybridized carbons (Fsp3) is 0.174. The van der Waals surface area contributed by atoms with Crippen molar-refractivity contribution in [2.45, 2.75) is 24.2 Å². The summed E-state index contributed by atoms with van der Waals surface area (Å²) in [4.78, 5) is 12.3. The first kappa shape index (κ1) is 20.6. The molecule has 0 atom stereocenters. The molecule has 0 aliphatic rings. The molecule has 0 aromatic heterocycles. The summed E-state index contributed by atoms with van der Waals surface area (Å²) in [6.45, 7) is 0. The molecule has 3 aromatic rings. The number of carbonyl (C=O) groups excluding carboxylic acids is 1. The van der Waals surface area contributed by atoms with Crippen LogP contribution >= 0.6 is 0 Å². The fourth-order valence-corrected chi connectivity index (χ4v) is 4.16. The number of hydrogen-bond donors (Lipinski definition) is 1. The van der Waals surface area contributed by atoms with Gasteiger partial charge in [0.2, 0.25) is 5.91 Å². The van der Waals surface area contributed by atoms with E-state index in [4.69, 9.17) is 0 Å². The third-order valence-corrected chi connectivity index (χ3v) is 6.43. The number of anilines is 2. The number of amides is 1. The van der Waals surface area contributed by atoms with Crippen molar-refractivity contribution in [3.63, 3.8) is 0 Å². The zero-order valence-corrected chi connectivity index (χ0v) is 17.1. The summed E-state index contributed by atoms with van der Waals surface area (Å²) in [6.07, 6.45) is 2.01. The molecule has 3 aromatic carbocycles. The molecule has 0 unspecified atom stereocenters. The average molecular weight is 409 g/mol. The smallest absolute Gasteiger partial charge is 0.264 e. The third kappa shape index (κ3) is 5.45. The summed E-state index contributed by atoms with van der Waals surface area (Å²) in [5.41, 5.74) is 2.37. The van der Waals surface area contributed by atoms with Gasteiger partial charge in [-0.15, -0.1) is 0 Å². The van der Waals surface area contributed by atoms with Crippen LogP contribution in [0.2, 0.25) is 0 Å². The minimum absolute atomic E-state index is 0.0852. The Morgan fingerprint density at radius 2 is 1.45 bits per heavy atom. The van der Waals surface area contributed by atoms with Gasteiger partial charge in [0, 0.05) is 19.2 Å². The van der Waals surface area contributed by atoms with Gasteiger partial charge in [-0.2, -0.15) is 0 Å². The zero-order chi connectivity index (χ0) is 20.7. The van der Waals surface area contributed by atoms with Gasteiger partial charge in [0.05, 0.1) is 10.6 Å².